The van der Waals surface area contributed by atoms with E-state index < -0.39 is 28.3 Å². The number of nitrogens with one attached hydrogen (secondary N) is 1. The van der Waals surface area contributed by atoms with Gasteiger partial charge in [0.1, 0.15) is 18.1 Å². The summed E-state index contributed by atoms with van der Waals surface area (Å²) >= 11 is 0. The fourth-order valence-corrected chi connectivity index (χ4v) is 4.64. The number of rotatable bonds is 10. The van der Waals surface area contributed by atoms with E-state index >= 15 is 0 Å². The number of carbonyl (C=O) groups is 1. The Morgan fingerprint density at radius 3 is 2.06 bits per heavy atom. The highest BCUT2D eigenvalue weighted by molar-refractivity contribution is 7.92. The number of sulfonamides is 1. The summed E-state index contributed by atoms with van der Waals surface area (Å²) in [7, 11) is -0.253. The topological polar surface area (TPSA) is 79.0 Å². The van der Waals surface area contributed by atoms with Crippen molar-refractivity contribution in [2.75, 3.05) is 36.5 Å². The Morgan fingerprint density at radius 2 is 1.50 bits per heavy atom. The molecule has 1 amide bonds. The van der Waals surface area contributed by atoms with Gasteiger partial charge in [0.2, 0.25) is 5.91 Å². The maximum atomic E-state index is 13.4. The standard InChI is InChI=1S/C25H28FN3O4S/c1-4-33-23-13-11-22(12-14-23)29(34(31,32)24-15-7-20(26)8-16-24)18-25(30)27-17-19-5-9-21(10-6-19)28(2)3/h5-16H,4,17-18H2,1-3H3,(H,27,30). The van der Waals surface area contributed by atoms with Crippen molar-refractivity contribution >= 4 is 27.3 Å². The zero-order valence-electron chi connectivity index (χ0n) is 19.4. The van der Waals surface area contributed by atoms with E-state index in [0.29, 0.717) is 18.0 Å². The fourth-order valence-electron chi connectivity index (χ4n) is 3.22. The van der Waals surface area contributed by atoms with Gasteiger partial charge < -0.3 is 15.0 Å². The molecule has 0 spiro atoms. The highest BCUT2D eigenvalue weighted by Gasteiger charge is 2.27. The van der Waals surface area contributed by atoms with Crippen LogP contribution >= 0.6 is 0 Å². The number of carbonyl (C=O) groups excluding carboxylic acids is 1. The van der Waals surface area contributed by atoms with E-state index in [4.69, 9.17) is 4.74 Å². The van der Waals surface area contributed by atoms with Crippen LogP contribution in [0.2, 0.25) is 0 Å². The van der Waals surface area contributed by atoms with E-state index in [1.807, 2.05) is 50.2 Å². The molecule has 0 atom stereocenters. The molecular weight excluding hydrogens is 457 g/mol. The molecule has 0 aliphatic rings. The Kier molecular flexibility index (Phi) is 8.12. The summed E-state index contributed by atoms with van der Waals surface area (Å²) in [6.45, 7) is 2.12. The number of halogens is 1. The van der Waals surface area contributed by atoms with Crippen LogP contribution in [0.1, 0.15) is 12.5 Å². The molecule has 0 bridgehead atoms. The molecule has 0 saturated heterocycles. The molecule has 3 aromatic rings. The van der Waals surface area contributed by atoms with Crippen molar-refractivity contribution in [1.82, 2.24) is 5.32 Å². The molecule has 0 radical (unpaired) electrons. The van der Waals surface area contributed by atoms with Crippen LogP contribution in [0.4, 0.5) is 15.8 Å². The molecular formula is C25H28FN3O4S. The Hall–Kier alpha value is -3.59. The average molecular weight is 486 g/mol. The molecule has 0 unspecified atom stereocenters. The molecule has 0 fully saturated rings. The van der Waals surface area contributed by atoms with Crippen LogP contribution in [0.25, 0.3) is 0 Å². The molecule has 0 aliphatic carbocycles. The highest BCUT2D eigenvalue weighted by Crippen LogP contribution is 2.26. The molecule has 9 heteroatoms. The van der Waals surface area contributed by atoms with Crippen molar-refractivity contribution in [3.8, 4) is 5.75 Å². The van der Waals surface area contributed by atoms with Crippen LogP contribution < -0.4 is 19.3 Å². The van der Waals surface area contributed by atoms with Gasteiger partial charge in [0.15, 0.2) is 0 Å². The van der Waals surface area contributed by atoms with Crippen molar-refractivity contribution in [2.45, 2.75) is 18.4 Å². The number of benzene rings is 3. The van der Waals surface area contributed by atoms with Gasteiger partial charge in [-0.2, -0.15) is 0 Å². The number of hydrogen-bond donors (Lipinski definition) is 1. The molecule has 34 heavy (non-hydrogen) atoms. The van der Waals surface area contributed by atoms with Crippen LogP contribution in [0.15, 0.2) is 77.7 Å². The quantitative estimate of drug-likeness (QED) is 0.473. The van der Waals surface area contributed by atoms with Gasteiger partial charge in [-0.25, -0.2) is 12.8 Å². The lowest BCUT2D eigenvalue weighted by molar-refractivity contribution is -0.119. The van der Waals surface area contributed by atoms with E-state index in [1.165, 1.54) is 12.1 Å². The minimum absolute atomic E-state index is 0.116. The van der Waals surface area contributed by atoms with Crippen LogP contribution in [0.3, 0.4) is 0 Å². The second kappa shape index (κ2) is 11.0. The van der Waals surface area contributed by atoms with Crippen molar-refractivity contribution in [2.24, 2.45) is 0 Å². The van der Waals surface area contributed by atoms with Crippen LogP contribution in [-0.4, -0.2) is 41.6 Å². The predicted molar refractivity (Wildman–Crippen MR) is 131 cm³/mol. The fraction of sp³-hybridized carbons (Fsp3) is 0.240. The van der Waals surface area contributed by atoms with Crippen LogP contribution in [0, 0.1) is 5.82 Å². The summed E-state index contributed by atoms with van der Waals surface area (Å²) in [4.78, 5) is 14.6. The molecule has 7 nitrogen and oxygen atoms in total. The summed E-state index contributed by atoms with van der Waals surface area (Å²) in [5.74, 6) is -0.447. The molecule has 3 rings (SSSR count). The first-order chi connectivity index (χ1) is 16.2. The van der Waals surface area contributed by atoms with E-state index in [-0.39, 0.29) is 11.4 Å². The smallest absolute Gasteiger partial charge is 0.264 e. The summed E-state index contributed by atoms with van der Waals surface area (Å²) in [6.07, 6.45) is 0. The van der Waals surface area contributed by atoms with Crippen molar-refractivity contribution < 1.29 is 22.3 Å². The van der Waals surface area contributed by atoms with Gasteiger partial charge in [0, 0.05) is 26.3 Å². The van der Waals surface area contributed by atoms with Gasteiger partial charge in [0.25, 0.3) is 10.0 Å². The monoisotopic (exact) mass is 485 g/mol. The normalized spacial score (nSPS) is 11.1. The van der Waals surface area contributed by atoms with Gasteiger partial charge in [0.05, 0.1) is 17.2 Å². The molecule has 0 aliphatic heterocycles. The largest absolute Gasteiger partial charge is 0.494 e. The molecule has 0 saturated carbocycles. The average Bonchev–Trinajstić information content (AvgIpc) is 2.82. The summed E-state index contributed by atoms with van der Waals surface area (Å²) in [6, 6.07) is 18.6. The maximum Gasteiger partial charge on any atom is 0.264 e. The second-order valence-corrected chi connectivity index (χ2v) is 9.59. The Labute approximate surface area is 199 Å². The number of hydrogen-bond acceptors (Lipinski definition) is 5. The molecule has 1 N–H and O–H groups in total. The first-order valence-electron chi connectivity index (χ1n) is 10.7. The zero-order valence-corrected chi connectivity index (χ0v) is 20.2. The Morgan fingerprint density at radius 1 is 0.912 bits per heavy atom. The first kappa shape index (κ1) is 25.0. The Balaban J connectivity index is 1.81. The summed E-state index contributed by atoms with van der Waals surface area (Å²) in [5.41, 5.74) is 2.20. The third-order valence-corrected chi connectivity index (χ3v) is 6.86. The van der Waals surface area contributed by atoms with Gasteiger partial charge >= 0.3 is 0 Å². The first-order valence-corrected chi connectivity index (χ1v) is 12.2. The molecule has 0 aromatic heterocycles. The highest BCUT2D eigenvalue weighted by atomic mass is 32.2. The lowest BCUT2D eigenvalue weighted by Gasteiger charge is -2.24. The SMILES string of the molecule is CCOc1ccc(N(CC(=O)NCc2ccc(N(C)C)cc2)S(=O)(=O)c2ccc(F)cc2)cc1. The molecule has 180 valence electrons. The van der Waals surface area contributed by atoms with Crippen LogP contribution in [-0.2, 0) is 21.4 Å². The van der Waals surface area contributed by atoms with Gasteiger partial charge in [-0.1, -0.05) is 12.1 Å². The van der Waals surface area contributed by atoms with E-state index in [9.17, 15) is 17.6 Å². The number of amides is 1. The Bertz CT molecular complexity index is 1200. The van der Waals surface area contributed by atoms with E-state index in [0.717, 1.165) is 27.7 Å². The maximum absolute atomic E-state index is 13.4. The third-order valence-electron chi connectivity index (χ3n) is 5.07. The number of ether oxygens (including phenoxy) is 1. The molecule has 3 aromatic carbocycles. The van der Waals surface area contributed by atoms with Gasteiger partial charge in [-0.15, -0.1) is 0 Å². The minimum Gasteiger partial charge on any atom is -0.494 e. The van der Waals surface area contributed by atoms with Crippen molar-refractivity contribution in [3.63, 3.8) is 0 Å². The third kappa shape index (κ3) is 6.26. The number of anilines is 2. The van der Waals surface area contributed by atoms with Crippen LogP contribution in [0.5, 0.6) is 5.75 Å². The van der Waals surface area contributed by atoms with Gasteiger partial charge in [-0.05, 0) is 73.2 Å². The summed E-state index contributed by atoms with van der Waals surface area (Å²) < 4.78 is 46.5. The predicted octanol–water partition coefficient (Wildman–Crippen LogP) is 3.80. The lowest BCUT2D eigenvalue weighted by Crippen LogP contribution is -2.40. The van der Waals surface area contributed by atoms with Crippen molar-refractivity contribution in [3.05, 3.63) is 84.2 Å². The minimum atomic E-state index is -4.13. The van der Waals surface area contributed by atoms with Gasteiger partial charge in [-0.3, -0.25) is 9.10 Å². The lowest BCUT2D eigenvalue weighted by atomic mass is 10.2. The zero-order chi connectivity index (χ0) is 24.7. The summed E-state index contributed by atoms with van der Waals surface area (Å²) in [5, 5.41) is 2.77. The molecule has 0 heterocycles. The number of nitrogens with zero attached hydrogens (tertiary/aromatic N) is 2. The van der Waals surface area contributed by atoms with Crippen molar-refractivity contribution in [1.29, 1.82) is 0 Å². The van der Waals surface area contributed by atoms with E-state index in [1.54, 1.807) is 24.3 Å². The second-order valence-electron chi connectivity index (χ2n) is 7.73. The van der Waals surface area contributed by atoms with E-state index in [2.05, 4.69) is 5.32 Å².